The Balaban J connectivity index is 1.84. The first kappa shape index (κ1) is 13.0. The van der Waals surface area contributed by atoms with Crippen LogP contribution in [0.15, 0.2) is 24.3 Å². The predicted octanol–water partition coefficient (Wildman–Crippen LogP) is 3.93. The van der Waals surface area contributed by atoms with Crippen molar-refractivity contribution >= 4 is 11.8 Å². The number of thioether (sulfide) groups is 1. The molecule has 94 valence electrons. The van der Waals surface area contributed by atoms with Crippen molar-refractivity contribution in [3.8, 4) is 0 Å². The van der Waals surface area contributed by atoms with E-state index in [-0.39, 0.29) is 0 Å². The maximum atomic E-state index is 3.69. The fourth-order valence-corrected chi connectivity index (χ4v) is 3.71. The predicted molar refractivity (Wildman–Crippen MR) is 77.7 cm³/mol. The molecule has 0 radical (unpaired) electrons. The third-order valence-corrected chi connectivity index (χ3v) is 4.98. The summed E-state index contributed by atoms with van der Waals surface area (Å²) in [5.41, 5.74) is 2.83. The lowest BCUT2D eigenvalue weighted by Crippen LogP contribution is -2.29. The molecule has 0 aromatic heterocycles. The lowest BCUT2D eigenvalue weighted by atomic mass is 10.0. The van der Waals surface area contributed by atoms with Crippen molar-refractivity contribution in [1.82, 2.24) is 5.32 Å². The average Bonchev–Trinajstić information content (AvgIpc) is 2.38. The van der Waals surface area contributed by atoms with E-state index < -0.39 is 0 Å². The molecule has 1 saturated heterocycles. The van der Waals surface area contributed by atoms with Crippen LogP contribution in [0.4, 0.5) is 0 Å². The summed E-state index contributed by atoms with van der Waals surface area (Å²) in [6.45, 7) is 5.62. The van der Waals surface area contributed by atoms with Gasteiger partial charge in [0.05, 0.1) is 0 Å². The molecule has 1 aliphatic rings. The van der Waals surface area contributed by atoms with E-state index in [4.69, 9.17) is 0 Å². The highest BCUT2D eigenvalue weighted by molar-refractivity contribution is 7.99. The minimum absolute atomic E-state index is 0.471. The smallest absolute Gasteiger partial charge is 0.0294 e. The quantitative estimate of drug-likeness (QED) is 0.867. The second-order valence-corrected chi connectivity index (χ2v) is 6.38. The SMILES string of the molecule is Cc1ccccc1C(C)NCC1CCCCS1. The molecule has 1 nitrogen and oxygen atoms in total. The van der Waals surface area contributed by atoms with Crippen molar-refractivity contribution in [2.24, 2.45) is 0 Å². The fraction of sp³-hybridized carbons (Fsp3) is 0.600. The van der Waals surface area contributed by atoms with Gasteiger partial charge in [-0.2, -0.15) is 11.8 Å². The molecule has 2 heteroatoms. The van der Waals surface area contributed by atoms with Gasteiger partial charge < -0.3 is 5.32 Å². The minimum atomic E-state index is 0.471. The number of hydrogen-bond acceptors (Lipinski definition) is 2. The first-order valence-corrected chi connectivity index (χ1v) is 7.73. The highest BCUT2D eigenvalue weighted by Crippen LogP contribution is 2.25. The number of benzene rings is 1. The van der Waals surface area contributed by atoms with E-state index in [9.17, 15) is 0 Å². The van der Waals surface area contributed by atoms with Crippen LogP contribution in [0, 0.1) is 6.92 Å². The zero-order chi connectivity index (χ0) is 12.1. The number of rotatable bonds is 4. The Morgan fingerprint density at radius 1 is 1.35 bits per heavy atom. The van der Waals surface area contributed by atoms with Crippen LogP contribution in [0.2, 0.25) is 0 Å². The van der Waals surface area contributed by atoms with Gasteiger partial charge in [0.2, 0.25) is 0 Å². The van der Waals surface area contributed by atoms with Crippen LogP contribution in [0.3, 0.4) is 0 Å². The summed E-state index contributed by atoms with van der Waals surface area (Å²) in [5.74, 6) is 1.35. The molecule has 17 heavy (non-hydrogen) atoms. The molecule has 0 bridgehead atoms. The molecule has 2 atom stereocenters. The van der Waals surface area contributed by atoms with E-state index in [1.807, 2.05) is 0 Å². The third kappa shape index (κ3) is 3.75. The molecule has 0 aliphatic carbocycles. The van der Waals surface area contributed by atoms with E-state index in [0.717, 1.165) is 11.8 Å². The Morgan fingerprint density at radius 3 is 2.88 bits per heavy atom. The molecule has 0 saturated carbocycles. The average molecular weight is 249 g/mol. The van der Waals surface area contributed by atoms with Crippen LogP contribution in [0.25, 0.3) is 0 Å². The van der Waals surface area contributed by atoms with Crippen molar-refractivity contribution in [3.05, 3.63) is 35.4 Å². The van der Waals surface area contributed by atoms with Crippen LogP contribution in [0.5, 0.6) is 0 Å². The molecular formula is C15H23NS. The fourth-order valence-electron chi connectivity index (χ4n) is 2.46. The minimum Gasteiger partial charge on any atom is -0.309 e. The zero-order valence-electron chi connectivity index (χ0n) is 10.9. The second kappa shape index (κ2) is 6.46. The highest BCUT2D eigenvalue weighted by Gasteiger charge is 2.15. The topological polar surface area (TPSA) is 12.0 Å². The van der Waals surface area contributed by atoms with Gasteiger partial charge in [-0.15, -0.1) is 0 Å². The Hall–Kier alpha value is -0.470. The van der Waals surface area contributed by atoms with Crippen LogP contribution in [-0.4, -0.2) is 17.5 Å². The highest BCUT2D eigenvalue weighted by atomic mass is 32.2. The van der Waals surface area contributed by atoms with E-state index in [2.05, 4.69) is 55.2 Å². The van der Waals surface area contributed by atoms with Gasteiger partial charge in [0.15, 0.2) is 0 Å². The maximum absolute atomic E-state index is 3.69. The normalized spacial score (nSPS) is 22.4. The molecule has 1 heterocycles. The summed E-state index contributed by atoms with van der Waals surface area (Å²) >= 11 is 2.14. The summed E-state index contributed by atoms with van der Waals surface area (Å²) in [5, 5.41) is 4.52. The molecule has 0 amide bonds. The lowest BCUT2D eigenvalue weighted by Gasteiger charge is -2.24. The molecule has 1 N–H and O–H groups in total. The Labute approximate surface area is 109 Å². The van der Waals surface area contributed by atoms with E-state index >= 15 is 0 Å². The first-order chi connectivity index (χ1) is 8.27. The van der Waals surface area contributed by atoms with Gasteiger partial charge in [0, 0.05) is 17.8 Å². The monoisotopic (exact) mass is 249 g/mol. The van der Waals surface area contributed by atoms with Gasteiger partial charge in [-0.25, -0.2) is 0 Å². The summed E-state index contributed by atoms with van der Waals surface area (Å²) in [4.78, 5) is 0. The van der Waals surface area contributed by atoms with Gasteiger partial charge in [0.1, 0.15) is 0 Å². The first-order valence-electron chi connectivity index (χ1n) is 6.68. The van der Waals surface area contributed by atoms with Gasteiger partial charge in [-0.05, 0) is 43.6 Å². The molecular weight excluding hydrogens is 226 g/mol. The van der Waals surface area contributed by atoms with Crippen LogP contribution in [-0.2, 0) is 0 Å². The Bertz CT molecular complexity index is 345. The van der Waals surface area contributed by atoms with Crippen molar-refractivity contribution in [2.75, 3.05) is 12.3 Å². The molecule has 1 aromatic carbocycles. The Morgan fingerprint density at radius 2 is 2.18 bits per heavy atom. The van der Waals surface area contributed by atoms with Crippen molar-refractivity contribution in [2.45, 2.75) is 44.4 Å². The van der Waals surface area contributed by atoms with Gasteiger partial charge in [-0.3, -0.25) is 0 Å². The summed E-state index contributed by atoms with van der Waals surface area (Å²) in [7, 11) is 0. The van der Waals surface area contributed by atoms with E-state index in [0.29, 0.717) is 6.04 Å². The summed E-state index contributed by atoms with van der Waals surface area (Å²) < 4.78 is 0. The maximum Gasteiger partial charge on any atom is 0.0294 e. The Kier molecular flexibility index (Phi) is 4.93. The summed E-state index contributed by atoms with van der Waals surface area (Å²) in [6.07, 6.45) is 4.21. The van der Waals surface area contributed by atoms with Crippen molar-refractivity contribution in [3.63, 3.8) is 0 Å². The zero-order valence-corrected chi connectivity index (χ0v) is 11.7. The van der Waals surface area contributed by atoms with Crippen LogP contribution >= 0.6 is 11.8 Å². The molecule has 1 aromatic rings. The number of hydrogen-bond donors (Lipinski definition) is 1. The van der Waals surface area contributed by atoms with Crippen molar-refractivity contribution < 1.29 is 0 Å². The van der Waals surface area contributed by atoms with Crippen molar-refractivity contribution in [1.29, 1.82) is 0 Å². The number of aryl methyl sites for hydroxylation is 1. The molecule has 1 aliphatic heterocycles. The standard InChI is InChI=1S/C15H23NS/c1-12-7-3-4-9-15(12)13(2)16-11-14-8-5-6-10-17-14/h3-4,7,9,13-14,16H,5-6,8,10-11H2,1-2H3. The number of nitrogens with one attached hydrogen (secondary N) is 1. The third-order valence-electron chi connectivity index (χ3n) is 3.58. The molecule has 2 unspecified atom stereocenters. The lowest BCUT2D eigenvalue weighted by molar-refractivity contribution is 0.537. The van der Waals surface area contributed by atoms with Gasteiger partial charge >= 0.3 is 0 Å². The molecule has 1 fully saturated rings. The molecule has 2 rings (SSSR count). The van der Waals surface area contributed by atoms with E-state index in [1.54, 1.807) is 0 Å². The summed E-state index contributed by atoms with van der Waals surface area (Å²) in [6, 6.07) is 9.15. The van der Waals surface area contributed by atoms with Crippen LogP contribution in [0.1, 0.15) is 43.4 Å². The van der Waals surface area contributed by atoms with Crippen LogP contribution < -0.4 is 5.32 Å². The van der Waals surface area contributed by atoms with E-state index in [1.165, 1.54) is 36.1 Å². The van der Waals surface area contributed by atoms with Gasteiger partial charge in [-0.1, -0.05) is 30.7 Å². The largest absolute Gasteiger partial charge is 0.309 e. The second-order valence-electron chi connectivity index (χ2n) is 4.98. The van der Waals surface area contributed by atoms with Gasteiger partial charge in [0.25, 0.3) is 0 Å². The molecule has 0 spiro atoms.